The number of aromatic nitrogens is 3. The third kappa shape index (κ3) is 3.58. The number of ether oxygens (including phenoxy) is 1. The van der Waals surface area contributed by atoms with E-state index in [1.54, 1.807) is 16.7 Å². The first-order valence-corrected chi connectivity index (χ1v) is 10.9. The van der Waals surface area contributed by atoms with E-state index in [2.05, 4.69) is 0 Å². The predicted molar refractivity (Wildman–Crippen MR) is 123 cm³/mol. The van der Waals surface area contributed by atoms with Crippen molar-refractivity contribution in [2.24, 2.45) is 0 Å². The highest BCUT2D eigenvalue weighted by atomic mass is 16.5. The lowest BCUT2D eigenvalue weighted by Crippen LogP contribution is -2.48. The lowest BCUT2D eigenvalue weighted by Gasteiger charge is -2.35. The fourth-order valence-corrected chi connectivity index (χ4v) is 4.52. The maximum Gasteiger partial charge on any atom is 0.270 e. The van der Waals surface area contributed by atoms with Gasteiger partial charge in [-0.3, -0.25) is 14.0 Å². The zero-order valence-electron chi connectivity index (χ0n) is 18.5. The maximum atomic E-state index is 13.6. The fourth-order valence-electron chi connectivity index (χ4n) is 4.52. The van der Waals surface area contributed by atoms with Gasteiger partial charge in [-0.2, -0.15) is 0 Å². The van der Waals surface area contributed by atoms with Crippen LogP contribution in [0.3, 0.4) is 0 Å². The van der Waals surface area contributed by atoms with E-state index in [4.69, 9.17) is 9.72 Å². The van der Waals surface area contributed by atoms with Gasteiger partial charge in [0.05, 0.1) is 17.6 Å². The van der Waals surface area contributed by atoms with Gasteiger partial charge in [-0.1, -0.05) is 36.4 Å². The molecule has 0 aliphatic carbocycles. The molecule has 0 radical (unpaired) electrons. The second-order valence-electron chi connectivity index (χ2n) is 8.66. The van der Waals surface area contributed by atoms with Gasteiger partial charge in [0, 0.05) is 25.8 Å². The summed E-state index contributed by atoms with van der Waals surface area (Å²) in [6.07, 6.45) is 1.71. The minimum Gasteiger partial charge on any atom is -0.372 e. The monoisotopic (exact) mass is 430 g/mol. The van der Waals surface area contributed by atoms with Crippen LogP contribution in [-0.2, 0) is 11.3 Å². The molecule has 0 spiro atoms. The Kier molecular flexibility index (Phi) is 5.06. The van der Waals surface area contributed by atoms with E-state index in [9.17, 15) is 9.59 Å². The maximum absolute atomic E-state index is 13.6. The van der Waals surface area contributed by atoms with E-state index in [1.165, 1.54) is 0 Å². The zero-order chi connectivity index (χ0) is 22.4. The summed E-state index contributed by atoms with van der Waals surface area (Å²) in [6.45, 7) is 7.37. The molecule has 7 nitrogen and oxygen atoms in total. The van der Waals surface area contributed by atoms with Crippen molar-refractivity contribution in [3.63, 3.8) is 0 Å². The molecule has 164 valence electrons. The van der Waals surface area contributed by atoms with Gasteiger partial charge < -0.3 is 14.2 Å². The van der Waals surface area contributed by atoms with Crippen LogP contribution in [0.2, 0.25) is 0 Å². The average Bonchev–Trinajstić information content (AvgIpc) is 3.12. The van der Waals surface area contributed by atoms with Crippen LogP contribution in [-0.4, -0.2) is 50.1 Å². The first kappa shape index (κ1) is 20.5. The molecule has 32 heavy (non-hydrogen) atoms. The van der Waals surface area contributed by atoms with Crippen LogP contribution in [0.5, 0.6) is 0 Å². The van der Waals surface area contributed by atoms with Gasteiger partial charge in [0.15, 0.2) is 0 Å². The number of carbonyl (C=O) groups is 1. The number of nitrogens with zero attached hydrogens (tertiary/aromatic N) is 4. The Morgan fingerprint density at radius 3 is 2.53 bits per heavy atom. The standard InChI is InChI=1S/C25H26N4O3/c1-16-9-10-22-26-23-20(24(30)29(22)12-16)11-21(28(23)15-19-7-5-4-6-8-19)25(31)27-13-17(2)32-18(3)14-27/h4-12,17-18H,13-15H2,1-3H3/t17-,18-/m1/s1. The van der Waals surface area contributed by atoms with E-state index in [0.717, 1.165) is 11.1 Å². The highest BCUT2D eigenvalue weighted by molar-refractivity contribution is 5.98. The fraction of sp³-hybridized carbons (Fsp3) is 0.320. The summed E-state index contributed by atoms with van der Waals surface area (Å²) in [5.74, 6) is -0.106. The van der Waals surface area contributed by atoms with Gasteiger partial charge in [0.2, 0.25) is 0 Å². The highest BCUT2D eigenvalue weighted by Crippen LogP contribution is 2.22. The third-order valence-electron chi connectivity index (χ3n) is 5.92. The number of aryl methyl sites for hydroxylation is 1. The lowest BCUT2D eigenvalue weighted by atomic mass is 10.2. The second-order valence-corrected chi connectivity index (χ2v) is 8.66. The summed E-state index contributed by atoms with van der Waals surface area (Å²) in [5.41, 5.74) is 3.40. The number of carbonyl (C=O) groups excluding carboxylic acids is 1. The first-order valence-electron chi connectivity index (χ1n) is 10.9. The summed E-state index contributed by atoms with van der Waals surface area (Å²) < 4.78 is 9.23. The number of amides is 1. The number of benzene rings is 1. The molecule has 0 unspecified atom stereocenters. The van der Waals surface area contributed by atoms with Crippen molar-refractivity contribution in [2.75, 3.05) is 13.1 Å². The predicted octanol–water partition coefficient (Wildman–Crippen LogP) is 3.26. The molecular formula is C25H26N4O3. The van der Waals surface area contributed by atoms with Crippen molar-refractivity contribution in [3.05, 3.63) is 81.9 Å². The number of fused-ring (bicyclic) bond motifs is 2. The lowest BCUT2D eigenvalue weighted by molar-refractivity contribution is -0.0588. The first-order chi connectivity index (χ1) is 15.4. The van der Waals surface area contributed by atoms with Crippen molar-refractivity contribution in [3.8, 4) is 0 Å². The van der Waals surface area contributed by atoms with Gasteiger partial charge in [0.25, 0.3) is 11.5 Å². The van der Waals surface area contributed by atoms with Gasteiger partial charge in [-0.25, -0.2) is 4.98 Å². The van der Waals surface area contributed by atoms with E-state index < -0.39 is 0 Å². The Hall–Kier alpha value is -3.45. The van der Waals surface area contributed by atoms with Crippen LogP contribution in [0.15, 0.2) is 59.5 Å². The smallest absolute Gasteiger partial charge is 0.270 e. The third-order valence-corrected chi connectivity index (χ3v) is 5.92. The second kappa shape index (κ2) is 7.91. The largest absolute Gasteiger partial charge is 0.372 e. The van der Waals surface area contributed by atoms with Crippen molar-refractivity contribution in [1.29, 1.82) is 0 Å². The highest BCUT2D eigenvalue weighted by Gasteiger charge is 2.29. The van der Waals surface area contributed by atoms with Gasteiger partial charge in [-0.05, 0) is 44.0 Å². The van der Waals surface area contributed by atoms with Crippen molar-refractivity contribution < 1.29 is 9.53 Å². The summed E-state index contributed by atoms with van der Waals surface area (Å²) in [7, 11) is 0. The summed E-state index contributed by atoms with van der Waals surface area (Å²) in [4.78, 5) is 33.6. The Labute approximate surface area is 185 Å². The number of pyridine rings is 1. The number of morpholine rings is 1. The molecule has 7 heteroatoms. The Morgan fingerprint density at radius 1 is 1.09 bits per heavy atom. The summed E-state index contributed by atoms with van der Waals surface area (Å²) in [6, 6.07) is 15.4. The summed E-state index contributed by atoms with van der Waals surface area (Å²) >= 11 is 0. The Balaban J connectivity index is 1.70. The molecule has 4 aromatic rings. The van der Waals surface area contributed by atoms with Gasteiger partial charge in [0.1, 0.15) is 17.0 Å². The van der Waals surface area contributed by atoms with Crippen molar-refractivity contribution in [2.45, 2.75) is 39.5 Å². The molecule has 2 atom stereocenters. The molecule has 0 saturated carbocycles. The molecular weight excluding hydrogens is 404 g/mol. The summed E-state index contributed by atoms with van der Waals surface area (Å²) in [5, 5.41) is 0.446. The molecule has 0 bridgehead atoms. The van der Waals surface area contributed by atoms with Crippen LogP contribution >= 0.6 is 0 Å². The van der Waals surface area contributed by atoms with Gasteiger partial charge >= 0.3 is 0 Å². The minimum atomic E-state index is -0.168. The van der Waals surface area contributed by atoms with Crippen molar-refractivity contribution >= 4 is 22.6 Å². The average molecular weight is 431 g/mol. The topological polar surface area (TPSA) is 68.8 Å². The molecule has 4 heterocycles. The van der Waals surface area contributed by atoms with E-state index in [1.807, 2.05) is 72.7 Å². The van der Waals surface area contributed by atoms with Gasteiger partial charge in [-0.15, -0.1) is 0 Å². The Bertz CT molecular complexity index is 1360. The van der Waals surface area contributed by atoms with E-state index in [-0.39, 0.29) is 23.7 Å². The normalized spacial score (nSPS) is 19.0. The zero-order valence-corrected chi connectivity index (χ0v) is 18.5. The minimum absolute atomic E-state index is 0.0380. The van der Waals surface area contributed by atoms with Crippen LogP contribution in [0.25, 0.3) is 16.7 Å². The van der Waals surface area contributed by atoms with Crippen LogP contribution in [0.1, 0.15) is 35.5 Å². The number of rotatable bonds is 3. The van der Waals surface area contributed by atoms with Crippen LogP contribution in [0, 0.1) is 6.92 Å². The van der Waals surface area contributed by atoms with Crippen molar-refractivity contribution in [1.82, 2.24) is 18.9 Å². The molecule has 1 aromatic carbocycles. The molecule has 1 aliphatic heterocycles. The molecule has 3 aromatic heterocycles. The molecule has 1 fully saturated rings. The number of hydrogen-bond acceptors (Lipinski definition) is 4. The quantitative estimate of drug-likeness (QED) is 0.500. The Morgan fingerprint density at radius 2 is 1.81 bits per heavy atom. The molecule has 0 N–H and O–H groups in total. The van der Waals surface area contributed by atoms with Crippen LogP contribution in [0.4, 0.5) is 0 Å². The molecule has 1 saturated heterocycles. The molecule has 1 amide bonds. The SMILES string of the molecule is Cc1ccc2nc3c(cc(C(=O)N4C[C@@H](C)O[C@H](C)C4)n3Cc3ccccc3)c(=O)n2c1. The molecule has 1 aliphatic rings. The molecule has 5 rings (SSSR count). The van der Waals surface area contributed by atoms with E-state index >= 15 is 0 Å². The van der Waals surface area contributed by atoms with E-state index in [0.29, 0.717) is 42.0 Å². The number of hydrogen-bond donors (Lipinski definition) is 0. The van der Waals surface area contributed by atoms with Crippen LogP contribution < -0.4 is 5.56 Å².